The second-order valence-corrected chi connectivity index (χ2v) is 7.25. The lowest BCUT2D eigenvalue weighted by Crippen LogP contribution is -2.15. The fraction of sp³-hybridized carbons (Fsp3) is 0.526. The fourth-order valence-corrected chi connectivity index (χ4v) is 3.48. The smallest absolute Gasteiger partial charge is 0.180 e. The number of aryl methyl sites for hydroxylation is 1. The van der Waals surface area contributed by atoms with Crippen LogP contribution < -0.4 is 16.2 Å². The zero-order valence-electron chi connectivity index (χ0n) is 15.4. The Morgan fingerprint density at radius 1 is 1.24 bits per heavy atom. The first kappa shape index (κ1) is 19.5. The summed E-state index contributed by atoms with van der Waals surface area (Å²) in [5.41, 5.74) is 14.3. The predicted molar refractivity (Wildman–Crippen MR) is 106 cm³/mol. The molecule has 5 nitrogen and oxygen atoms in total. The van der Waals surface area contributed by atoms with Gasteiger partial charge in [-0.3, -0.25) is 0 Å². The molecule has 0 saturated carbocycles. The summed E-state index contributed by atoms with van der Waals surface area (Å²) in [4.78, 5) is 5.27. The van der Waals surface area contributed by atoms with Crippen molar-refractivity contribution in [3.8, 4) is 16.2 Å². The van der Waals surface area contributed by atoms with Crippen LogP contribution in [0, 0.1) is 6.92 Å². The number of ether oxygens (including phenoxy) is 2. The molecule has 0 amide bonds. The summed E-state index contributed by atoms with van der Waals surface area (Å²) in [5.74, 6) is 0.766. The highest BCUT2D eigenvalue weighted by atomic mass is 32.1. The molecule has 0 radical (unpaired) electrons. The summed E-state index contributed by atoms with van der Waals surface area (Å²) in [7, 11) is 0. The summed E-state index contributed by atoms with van der Waals surface area (Å²) in [5, 5.41) is 0.562. The number of anilines is 2. The van der Waals surface area contributed by atoms with Gasteiger partial charge in [0.2, 0.25) is 0 Å². The van der Waals surface area contributed by atoms with Gasteiger partial charge in [0.15, 0.2) is 5.13 Å². The first-order valence-electron chi connectivity index (χ1n) is 8.91. The zero-order valence-corrected chi connectivity index (χ0v) is 16.2. The van der Waals surface area contributed by atoms with E-state index in [1.807, 2.05) is 25.1 Å². The van der Waals surface area contributed by atoms with Crippen molar-refractivity contribution in [1.82, 2.24) is 4.98 Å². The van der Waals surface area contributed by atoms with Gasteiger partial charge < -0.3 is 20.9 Å². The van der Waals surface area contributed by atoms with Crippen LogP contribution in [0.4, 0.5) is 10.8 Å². The molecule has 4 N–H and O–H groups in total. The van der Waals surface area contributed by atoms with Crippen LogP contribution in [0.25, 0.3) is 10.4 Å². The highest BCUT2D eigenvalue weighted by Gasteiger charge is 2.18. The Hall–Kier alpha value is -1.79. The largest absolute Gasteiger partial charge is 0.488 e. The lowest BCUT2D eigenvalue weighted by molar-refractivity contribution is 0.141. The van der Waals surface area contributed by atoms with Crippen molar-refractivity contribution < 1.29 is 9.47 Å². The van der Waals surface area contributed by atoms with Crippen LogP contribution in [-0.4, -0.2) is 24.3 Å². The van der Waals surface area contributed by atoms with E-state index in [9.17, 15) is 0 Å². The number of aromatic nitrogens is 1. The topological polar surface area (TPSA) is 83.4 Å². The van der Waals surface area contributed by atoms with E-state index in [-0.39, 0.29) is 6.10 Å². The van der Waals surface area contributed by atoms with Crippen LogP contribution in [0.15, 0.2) is 18.2 Å². The Kier molecular flexibility index (Phi) is 7.52. The van der Waals surface area contributed by atoms with Crippen LogP contribution in [-0.2, 0) is 4.74 Å². The van der Waals surface area contributed by atoms with Crippen molar-refractivity contribution >= 4 is 22.2 Å². The molecular weight excluding hydrogens is 334 g/mol. The summed E-state index contributed by atoms with van der Waals surface area (Å²) in [6, 6.07) is 5.73. The molecule has 0 aliphatic carbocycles. The first-order valence-corrected chi connectivity index (χ1v) is 9.73. The second-order valence-electron chi connectivity index (χ2n) is 6.21. The third kappa shape index (κ3) is 5.90. The van der Waals surface area contributed by atoms with E-state index < -0.39 is 0 Å². The van der Waals surface area contributed by atoms with Gasteiger partial charge in [0, 0.05) is 18.2 Å². The first-order chi connectivity index (χ1) is 12.0. The third-order valence-electron chi connectivity index (χ3n) is 3.90. The van der Waals surface area contributed by atoms with Gasteiger partial charge in [-0.25, -0.2) is 4.98 Å². The molecule has 138 valence electrons. The molecule has 0 unspecified atom stereocenters. The predicted octanol–water partition coefficient (Wildman–Crippen LogP) is 4.65. The Labute approximate surface area is 154 Å². The average molecular weight is 364 g/mol. The highest BCUT2D eigenvalue weighted by molar-refractivity contribution is 7.18. The van der Waals surface area contributed by atoms with Crippen LogP contribution >= 0.6 is 11.3 Å². The number of nitrogens with two attached hydrogens (primary N) is 2. The fourth-order valence-electron chi connectivity index (χ4n) is 2.66. The minimum Gasteiger partial charge on any atom is -0.488 e. The Balaban J connectivity index is 0.000000399. The molecule has 25 heavy (non-hydrogen) atoms. The van der Waals surface area contributed by atoms with Crippen LogP contribution in [0.2, 0.25) is 0 Å². The minimum atomic E-state index is 0.109. The van der Waals surface area contributed by atoms with Gasteiger partial charge in [0.25, 0.3) is 0 Å². The monoisotopic (exact) mass is 363 g/mol. The van der Waals surface area contributed by atoms with Crippen molar-refractivity contribution in [3.63, 3.8) is 0 Å². The average Bonchev–Trinajstić information content (AvgIpc) is 3.17. The van der Waals surface area contributed by atoms with Gasteiger partial charge >= 0.3 is 0 Å². The summed E-state index contributed by atoms with van der Waals surface area (Å²) >= 11 is 1.46. The number of rotatable bonds is 5. The maximum atomic E-state index is 5.97. The molecule has 3 rings (SSSR count). The van der Waals surface area contributed by atoms with E-state index in [4.69, 9.17) is 20.9 Å². The Bertz CT molecular complexity index is 665. The maximum Gasteiger partial charge on any atom is 0.180 e. The molecule has 6 heteroatoms. The number of hydrogen-bond acceptors (Lipinski definition) is 6. The van der Waals surface area contributed by atoms with Crippen molar-refractivity contribution in [1.29, 1.82) is 0 Å². The molecule has 1 aliphatic rings. The normalized spacial score (nSPS) is 16.4. The highest BCUT2D eigenvalue weighted by Crippen LogP contribution is 2.35. The maximum absolute atomic E-state index is 5.97. The molecule has 1 atom stereocenters. The summed E-state index contributed by atoms with van der Waals surface area (Å²) in [6.07, 6.45) is 5.10. The number of nitrogen functional groups attached to an aromatic ring is 2. The van der Waals surface area contributed by atoms with Gasteiger partial charge in [-0.2, -0.15) is 0 Å². The van der Waals surface area contributed by atoms with Gasteiger partial charge in [0.1, 0.15) is 11.9 Å². The third-order valence-corrected chi connectivity index (χ3v) is 4.94. The second kappa shape index (κ2) is 9.63. The van der Waals surface area contributed by atoms with E-state index in [1.165, 1.54) is 30.6 Å². The number of unbranched alkanes of at least 4 members (excludes halogenated alkanes) is 2. The molecule has 0 spiro atoms. The van der Waals surface area contributed by atoms with Crippen LogP contribution in [0.1, 0.15) is 45.2 Å². The van der Waals surface area contributed by atoms with Gasteiger partial charge in [-0.05, 0) is 24.6 Å². The lowest BCUT2D eigenvalue weighted by atomic mass is 10.1. The standard InChI is InChI=1S/C14H17N3O2S.C5H12/c1-8-13(20-14(16)17-8)9-4-10(15)6-12(5-9)19-11-2-3-18-7-11;1-3-5-4-2/h4-6,11H,2-3,7,15H2,1H3,(H2,16,17);3-5H2,1-2H3/t11-;/m1./s1. The van der Waals surface area contributed by atoms with Gasteiger partial charge in [-0.15, -0.1) is 0 Å². The molecule has 1 aromatic carbocycles. The van der Waals surface area contributed by atoms with Gasteiger partial charge in [0.05, 0.1) is 23.8 Å². The van der Waals surface area contributed by atoms with E-state index in [0.717, 1.165) is 34.9 Å². The number of nitrogens with zero attached hydrogens (tertiary/aromatic N) is 1. The summed E-state index contributed by atoms with van der Waals surface area (Å²) < 4.78 is 11.2. The van der Waals surface area contributed by atoms with Crippen molar-refractivity contribution in [3.05, 3.63) is 23.9 Å². The van der Waals surface area contributed by atoms with E-state index in [1.54, 1.807) is 0 Å². The number of benzene rings is 1. The molecule has 1 aromatic heterocycles. The molecule has 1 saturated heterocycles. The Morgan fingerprint density at radius 2 is 2.00 bits per heavy atom. The summed E-state index contributed by atoms with van der Waals surface area (Å²) in [6.45, 7) is 7.75. The number of hydrogen-bond donors (Lipinski definition) is 2. The molecule has 1 fully saturated rings. The van der Waals surface area contributed by atoms with E-state index in [0.29, 0.717) is 17.4 Å². The van der Waals surface area contributed by atoms with Crippen molar-refractivity contribution in [2.24, 2.45) is 0 Å². The molecule has 2 heterocycles. The SMILES string of the molecule is CCCCC.Cc1nc(N)sc1-c1cc(N)cc(O[C@@H]2CCOC2)c1. The lowest BCUT2D eigenvalue weighted by Gasteiger charge is -2.13. The molecule has 1 aliphatic heterocycles. The molecule has 0 bridgehead atoms. The Morgan fingerprint density at radius 3 is 2.52 bits per heavy atom. The van der Waals surface area contributed by atoms with E-state index in [2.05, 4.69) is 18.8 Å². The number of thiazole rings is 1. The molecular formula is C19H29N3O2S. The van der Waals surface area contributed by atoms with E-state index >= 15 is 0 Å². The zero-order chi connectivity index (χ0) is 18.2. The quantitative estimate of drug-likeness (QED) is 0.756. The van der Waals surface area contributed by atoms with Crippen molar-refractivity contribution in [2.45, 2.75) is 52.6 Å². The van der Waals surface area contributed by atoms with Crippen LogP contribution in [0.3, 0.4) is 0 Å². The molecule has 2 aromatic rings. The van der Waals surface area contributed by atoms with Crippen molar-refractivity contribution in [2.75, 3.05) is 24.7 Å². The van der Waals surface area contributed by atoms with Crippen LogP contribution in [0.5, 0.6) is 5.75 Å². The minimum absolute atomic E-state index is 0.109. The van der Waals surface area contributed by atoms with Gasteiger partial charge in [-0.1, -0.05) is 44.4 Å².